The molecule has 6 nitrogen and oxygen atoms in total. The summed E-state index contributed by atoms with van der Waals surface area (Å²) >= 11 is 3.57. The largest absolute Gasteiger partial charge is 0.311 e. The maximum atomic E-state index is 4.38. The van der Waals surface area contributed by atoms with Crippen molar-refractivity contribution in [1.82, 2.24) is 30.5 Å². The second-order valence-electron chi connectivity index (χ2n) is 3.91. The predicted molar refractivity (Wildman–Crippen MR) is 67.5 cm³/mol. The first-order valence-electron chi connectivity index (χ1n) is 5.34. The molecule has 2 aromatic heterocycles. The molecule has 92 valence electrons. The van der Waals surface area contributed by atoms with Crippen LogP contribution in [0, 0.1) is 6.92 Å². The number of nitrogens with one attached hydrogen (secondary N) is 2. The Morgan fingerprint density at radius 1 is 1.59 bits per heavy atom. The summed E-state index contributed by atoms with van der Waals surface area (Å²) in [6, 6.07) is 0.125. The van der Waals surface area contributed by atoms with Gasteiger partial charge in [0, 0.05) is 13.5 Å². The molecule has 2 rings (SSSR count). The lowest BCUT2D eigenvalue weighted by atomic mass is 10.1. The van der Waals surface area contributed by atoms with Gasteiger partial charge in [-0.2, -0.15) is 20.5 Å². The van der Waals surface area contributed by atoms with E-state index in [2.05, 4.69) is 41.8 Å². The molecule has 2 N–H and O–H groups in total. The van der Waals surface area contributed by atoms with E-state index >= 15 is 0 Å². The van der Waals surface area contributed by atoms with Gasteiger partial charge in [0.2, 0.25) is 0 Å². The Morgan fingerprint density at radius 3 is 2.82 bits per heavy atom. The Hall–Kier alpha value is -1.21. The van der Waals surface area contributed by atoms with Gasteiger partial charge in [0.15, 0.2) is 0 Å². The first-order chi connectivity index (χ1) is 8.13. The van der Waals surface area contributed by atoms with E-state index in [4.69, 9.17) is 0 Å². The van der Waals surface area contributed by atoms with Crippen LogP contribution in [-0.4, -0.2) is 32.2 Å². The number of likely N-dealkylation sites (N-methyl/N-ethyl adjacent to an activating group) is 1. The maximum Gasteiger partial charge on any atom is 0.0997 e. The van der Waals surface area contributed by atoms with Crippen LogP contribution in [-0.2, 0) is 13.5 Å². The van der Waals surface area contributed by atoms with Crippen LogP contribution in [0.5, 0.6) is 0 Å². The van der Waals surface area contributed by atoms with E-state index in [1.807, 2.05) is 25.7 Å². The van der Waals surface area contributed by atoms with Crippen LogP contribution < -0.4 is 5.32 Å². The molecule has 0 radical (unpaired) electrons. The highest BCUT2D eigenvalue weighted by atomic mass is 79.9. The summed E-state index contributed by atoms with van der Waals surface area (Å²) in [5.41, 5.74) is 3.04. The summed E-state index contributed by atoms with van der Waals surface area (Å²) < 4.78 is 2.95. The normalized spacial score (nSPS) is 12.9. The van der Waals surface area contributed by atoms with Gasteiger partial charge >= 0.3 is 0 Å². The van der Waals surface area contributed by atoms with Gasteiger partial charge in [0.1, 0.15) is 0 Å². The molecule has 0 spiro atoms. The molecule has 0 aliphatic carbocycles. The third-order valence-corrected chi connectivity index (χ3v) is 3.83. The number of halogens is 1. The number of aromatic amines is 1. The molecule has 1 unspecified atom stereocenters. The second kappa shape index (κ2) is 4.97. The fourth-order valence-electron chi connectivity index (χ4n) is 1.83. The zero-order chi connectivity index (χ0) is 12.4. The zero-order valence-electron chi connectivity index (χ0n) is 10.0. The Morgan fingerprint density at radius 2 is 2.35 bits per heavy atom. The summed E-state index contributed by atoms with van der Waals surface area (Å²) in [5, 5.41) is 18.2. The van der Waals surface area contributed by atoms with Crippen molar-refractivity contribution in [1.29, 1.82) is 0 Å². The van der Waals surface area contributed by atoms with Crippen molar-refractivity contribution in [2.24, 2.45) is 7.05 Å². The van der Waals surface area contributed by atoms with Crippen LogP contribution in [0.1, 0.15) is 23.1 Å². The minimum Gasteiger partial charge on any atom is -0.311 e. The summed E-state index contributed by atoms with van der Waals surface area (Å²) in [6.45, 7) is 1.98. The van der Waals surface area contributed by atoms with Gasteiger partial charge in [-0.05, 0) is 29.9 Å². The van der Waals surface area contributed by atoms with E-state index in [9.17, 15) is 0 Å². The Labute approximate surface area is 108 Å². The van der Waals surface area contributed by atoms with Gasteiger partial charge < -0.3 is 5.32 Å². The van der Waals surface area contributed by atoms with Crippen LogP contribution in [0.15, 0.2) is 10.7 Å². The average molecular weight is 299 g/mol. The van der Waals surface area contributed by atoms with Crippen molar-refractivity contribution in [3.8, 4) is 0 Å². The Bertz CT molecular complexity index is 489. The number of hydrogen-bond donors (Lipinski definition) is 2. The van der Waals surface area contributed by atoms with Crippen molar-refractivity contribution in [2.75, 3.05) is 7.05 Å². The molecular weight excluding hydrogens is 284 g/mol. The monoisotopic (exact) mass is 298 g/mol. The molecule has 17 heavy (non-hydrogen) atoms. The molecule has 2 aromatic rings. The fourth-order valence-corrected chi connectivity index (χ4v) is 2.33. The molecule has 0 saturated carbocycles. The third kappa shape index (κ3) is 2.39. The SMILES string of the molecule is CNC(Cc1c(Br)c(C)nn1C)c1cn[nH]n1. The van der Waals surface area contributed by atoms with E-state index in [1.54, 1.807) is 6.20 Å². The summed E-state index contributed by atoms with van der Waals surface area (Å²) in [7, 11) is 3.86. The van der Waals surface area contributed by atoms with Gasteiger partial charge in [-0.1, -0.05) is 0 Å². The average Bonchev–Trinajstić information content (AvgIpc) is 2.89. The third-order valence-electron chi connectivity index (χ3n) is 2.80. The zero-order valence-corrected chi connectivity index (χ0v) is 11.6. The summed E-state index contributed by atoms with van der Waals surface area (Å²) in [4.78, 5) is 0. The Balaban J connectivity index is 2.24. The lowest BCUT2D eigenvalue weighted by molar-refractivity contribution is 0.546. The first-order valence-corrected chi connectivity index (χ1v) is 6.13. The topological polar surface area (TPSA) is 71.4 Å². The van der Waals surface area contributed by atoms with Crippen molar-refractivity contribution < 1.29 is 0 Å². The van der Waals surface area contributed by atoms with Gasteiger partial charge in [-0.3, -0.25) is 4.68 Å². The molecule has 2 heterocycles. The van der Waals surface area contributed by atoms with Crippen molar-refractivity contribution >= 4 is 15.9 Å². The van der Waals surface area contributed by atoms with Crippen LogP contribution in [0.25, 0.3) is 0 Å². The van der Waals surface area contributed by atoms with E-state index in [0.29, 0.717) is 0 Å². The smallest absolute Gasteiger partial charge is 0.0997 e. The molecule has 7 heteroatoms. The van der Waals surface area contributed by atoms with Crippen molar-refractivity contribution in [3.05, 3.63) is 27.8 Å². The summed E-state index contributed by atoms with van der Waals surface area (Å²) in [5.74, 6) is 0. The number of aryl methyl sites for hydroxylation is 2. The minimum atomic E-state index is 0.125. The predicted octanol–water partition coefficient (Wildman–Crippen LogP) is 1.11. The van der Waals surface area contributed by atoms with E-state index in [-0.39, 0.29) is 6.04 Å². The number of nitrogens with zero attached hydrogens (tertiary/aromatic N) is 4. The fraction of sp³-hybridized carbons (Fsp3) is 0.500. The van der Waals surface area contributed by atoms with Crippen LogP contribution in [0.4, 0.5) is 0 Å². The molecular formula is C10H15BrN6. The Kier molecular flexibility index (Phi) is 3.58. The van der Waals surface area contributed by atoms with Gasteiger partial charge in [-0.25, -0.2) is 0 Å². The van der Waals surface area contributed by atoms with Crippen LogP contribution in [0.2, 0.25) is 0 Å². The molecule has 1 atom stereocenters. The highest BCUT2D eigenvalue weighted by molar-refractivity contribution is 9.10. The number of hydrogen-bond acceptors (Lipinski definition) is 4. The van der Waals surface area contributed by atoms with E-state index in [1.165, 1.54) is 0 Å². The molecule has 0 saturated heterocycles. The second-order valence-corrected chi connectivity index (χ2v) is 4.70. The lowest BCUT2D eigenvalue weighted by Crippen LogP contribution is -2.20. The van der Waals surface area contributed by atoms with E-state index in [0.717, 1.165) is 28.0 Å². The minimum absolute atomic E-state index is 0.125. The number of H-pyrrole nitrogens is 1. The van der Waals surface area contributed by atoms with Gasteiger partial charge in [-0.15, -0.1) is 0 Å². The highest BCUT2D eigenvalue weighted by Crippen LogP contribution is 2.24. The molecule has 0 fully saturated rings. The van der Waals surface area contributed by atoms with Gasteiger partial charge in [0.25, 0.3) is 0 Å². The maximum absolute atomic E-state index is 4.38. The molecule has 0 bridgehead atoms. The highest BCUT2D eigenvalue weighted by Gasteiger charge is 2.18. The molecule has 0 aromatic carbocycles. The van der Waals surface area contributed by atoms with Crippen molar-refractivity contribution in [3.63, 3.8) is 0 Å². The molecule has 0 aliphatic rings. The lowest BCUT2D eigenvalue weighted by Gasteiger charge is -2.13. The number of aromatic nitrogens is 5. The standard InChI is InChI=1S/C10H15BrN6/c1-6-10(11)9(17(3)15-6)4-7(12-2)8-5-13-16-14-8/h5,7,12H,4H2,1-3H3,(H,13,14,16). The van der Waals surface area contributed by atoms with Crippen molar-refractivity contribution in [2.45, 2.75) is 19.4 Å². The molecule has 0 aliphatic heterocycles. The molecule has 0 amide bonds. The number of rotatable bonds is 4. The van der Waals surface area contributed by atoms with E-state index < -0.39 is 0 Å². The van der Waals surface area contributed by atoms with Gasteiger partial charge in [0.05, 0.1) is 33.8 Å². The summed E-state index contributed by atoms with van der Waals surface area (Å²) in [6.07, 6.45) is 2.54. The quantitative estimate of drug-likeness (QED) is 0.887. The first kappa shape index (κ1) is 12.3. The van der Waals surface area contributed by atoms with Crippen LogP contribution in [0.3, 0.4) is 0 Å². The van der Waals surface area contributed by atoms with Crippen LogP contribution >= 0.6 is 15.9 Å².